The van der Waals surface area contributed by atoms with Crippen LogP contribution in [0.3, 0.4) is 0 Å². The SMILES string of the molecule is CSCCC(NC(N)=O)C(=O)N(C)C(C)CO. The number of likely N-dealkylation sites (N-methyl/N-ethyl adjacent to an activating group) is 1. The average molecular weight is 263 g/mol. The minimum Gasteiger partial charge on any atom is -0.394 e. The predicted octanol–water partition coefficient (Wildman–Crippen LogP) is -0.384. The van der Waals surface area contributed by atoms with Gasteiger partial charge in [0, 0.05) is 7.05 Å². The molecular formula is C10H21N3O3S. The summed E-state index contributed by atoms with van der Waals surface area (Å²) in [5.74, 6) is 0.511. The van der Waals surface area contributed by atoms with Gasteiger partial charge >= 0.3 is 6.03 Å². The van der Waals surface area contributed by atoms with Crippen molar-refractivity contribution in [1.29, 1.82) is 0 Å². The maximum Gasteiger partial charge on any atom is 0.312 e. The van der Waals surface area contributed by atoms with Crippen LogP contribution in [0.2, 0.25) is 0 Å². The first-order valence-corrected chi connectivity index (χ1v) is 6.75. The van der Waals surface area contributed by atoms with Crippen LogP contribution in [0, 0.1) is 0 Å². The zero-order valence-electron chi connectivity index (χ0n) is 10.5. The number of hydrogen-bond donors (Lipinski definition) is 3. The van der Waals surface area contributed by atoms with Gasteiger partial charge in [0.1, 0.15) is 6.04 Å². The average Bonchev–Trinajstić information content (AvgIpc) is 2.31. The highest BCUT2D eigenvalue weighted by Gasteiger charge is 2.25. The molecule has 0 aliphatic rings. The van der Waals surface area contributed by atoms with Gasteiger partial charge in [-0.3, -0.25) is 4.79 Å². The molecular weight excluding hydrogens is 242 g/mol. The van der Waals surface area contributed by atoms with E-state index in [1.165, 1.54) is 4.90 Å². The zero-order chi connectivity index (χ0) is 13.4. The van der Waals surface area contributed by atoms with Gasteiger partial charge in [0.15, 0.2) is 0 Å². The zero-order valence-corrected chi connectivity index (χ0v) is 11.3. The van der Waals surface area contributed by atoms with E-state index in [-0.39, 0.29) is 18.6 Å². The third kappa shape index (κ3) is 5.78. The van der Waals surface area contributed by atoms with Gasteiger partial charge in [0.2, 0.25) is 5.91 Å². The van der Waals surface area contributed by atoms with Gasteiger partial charge in [-0.1, -0.05) is 0 Å². The fourth-order valence-corrected chi connectivity index (χ4v) is 1.72. The number of nitrogens with two attached hydrogens (primary N) is 1. The highest BCUT2D eigenvalue weighted by molar-refractivity contribution is 7.98. The number of thioether (sulfide) groups is 1. The lowest BCUT2D eigenvalue weighted by Crippen LogP contribution is -2.51. The van der Waals surface area contributed by atoms with Crippen molar-refractivity contribution in [3.8, 4) is 0 Å². The summed E-state index contributed by atoms with van der Waals surface area (Å²) in [7, 11) is 1.60. The molecule has 0 aromatic rings. The second kappa shape index (κ2) is 8.19. The molecule has 0 saturated heterocycles. The lowest BCUT2D eigenvalue weighted by molar-refractivity contribution is -0.134. The summed E-state index contributed by atoms with van der Waals surface area (Å²) in [6, 6.07) is -1.62. The van der Waals surface area contributed by atoms with E-state index in [0.29, 0.717) is 6.42 Å². The van der Waals surface area contributed by atoms with Crippen LogP contribution >= 0.6 is 11.8 Å². The first-order chi connectivity index (χ1) is 7.93. The number of carbonyl (C=O) groups excluding carboxylic acids is 2. The molecule has 2 unspecified atom stereocenters. The smallest absolute Gasteiger partial charge is 0.312 e. The van der Waals surface area contributed by atoms with E-state index in [0.717, 1.165) is 5.75 Å². The number of nitrogens with zero attached hydrogens (tertiary/aromatic N) is 1. The fraction of sp³-hybridized carbons (Fsp3) is 0.800. The van der Waals surface area contributed by atoms with E-state index in [1.54, 1.807) is 25.7 Å². The molecule has 0 radical (unpaired) electrons. The van der Waals surface area contributed by atoms with E-state index in [9.17, 15) is 9.59 Å². The number of aliphatic hydroxyl groups excluding tert-OH is 1. The summed E-state index contributed by atoms with van der Waals surface area (Å²) < 4.78 is 0. The molecule has 100 valence electrons. The molecule has 0 fully saturated rings. The van der Waals surface area contributed by atoms with Crippen molar-refractivity contribution in [2.24, 2.45) is 5.73 Å². The molecule has 0 aromatic heterocycles. The van der Waals surface area contributed by atoms with E-state index in [1.807, 2.05) is 6.26 Å². The Morgan fingerprint density at radius 3 is 2.53 bits per heavy atom. The maximum absolute atomic E-state index is 12.0. The molecule has 17 heavy (non-hydrogen) atoms. The van der Waals surface area contributed by atoms with E-state index in [2.05, 4.69) is 5.32 Å². The Morgan fingerprint density at radius 2 is 2.12 bits per heavy atom. The van der Waals surface area contributed by atoms with Gasteiger partial charge < -0.3 is 21.1 Å². The number of nitrogens with one attached hydrogen (secondary N) is 1. The number of aliphatic hydroxyl groups is 1. The molecule has 4 N–H and O–H groups in total. The van der Waals surface area contributed by atoms with Crippen LogP contribution in [0.5, 0.6) is 0 Å². The van der Waals surface area contributed by atoms with Gasteiger partial charge in [-0.25, -0.2) is 4.79 Å². The summed E-state index contributed by atoms with van der Waals surface area (Å²) in [4.78, 5) is 24.3. The first-order valence-electron chi connectivity index (χ1n) is 5.36. The molecule has 0 spiro atoms. The van der Waals surface area contributed by atoms with Crippen molar-refractivity contribution in [3.05, 3.63) is 0 Å². The van der Waals surface area contributed by atoms with Crippen LogP contribution in [0.1, 0.15) is 13.3 Å². The molecule has 6 nitrogen and oxygen atoms in total. The molecule has 2 atom stereocenters. The topological polar surface area (TPSA) is 95.7 Å². The second-order valence-corrected chi connectivity index (χ2v) is 4.81. The predicted molar refractivity (Wildman–Crippen MR) is 68.8 cm³/mol. The highest BCUT2D eigenvalue weighted by atomic mass is 32.2. The van der Waals surface area contributed by atoms with E-state index >= 15 is 0 Å². The van der Waals surface area contributed by atoms with Gasteiger partial charge in [-0.05, 0) is 25.4 Å². The molecule has 0 bridgehead atoms. The largest absolute Gasteiger partial charge is 0.394 e. The van der Waals surface area contributed by atoms with Gasteiger partial charge in [0.25, 0.3) is 0 Å². The molecule has 0 heterocycles. The molecule has 0 aliphatic carbocycles. The highest BCUT2D eigenvalue weighted by Crippen LogP contribution is 2.06. The minimum absolute atomic E-state index is 0.117. The Bertz CT molecular complexity index is 263. The maximum atomic E-state index is 12.0. The van der Waals surface area contributed by atoms with Gasteiger partial charge in [0.05, 0.1) is 12.6 Å². The Kier molecular flexibility index (Phi) is 7.73. The Labute approximate surface area is 106 Å². The second-order valence-electron chi connectivity index (χ2n) is 3.82. The Morgan fingerprint density at radius 1 is 1.53 bits per heavy atom. The number of amides is 3. The van der Waals surface area contributed by atoms with Crippen LogP contribution in [0.4, 0.5) is 4.79 Å². The van der Waals surface area contributed by atoms with E-state index in [4.69, 9.17) is 10.8 Å². The number of carbonyl (C=O) groups is 2. The first kappa shape index (κ1) is 16.1. The third-order valence-electron chi connectivity index (χ3n) is 2.50. The van der Waals surface area contributed by atoms with Crippen LogP contribution in [-0.2, 0) is 4.79 Å². The Balaban J connectivity index is 4.54. The summed E-state index contributed by atoms with van der Waals surface area (Å²) in [5, 5.41) is 11.4. The molecule has 0 aliphatic heterocycles. The number of rotatable bonds is 7. The van der Waals surface area contributed by atoms with Crippen molar-refractivity contribution in [2.45, 2.75) is 25.4 Å². The number of hydrogen-bond acceptors (Lipinski definition) is 4. The summed E-state index contributed by atoms with van der Waals surface area (Å²) in [5.41, 5.74) is 5.03. The number of urea groups is 1. The molecule has 0 rings (SSSR count). The van der Waals surface area contributed by atoms with Crippen molar-refractivity contribution in [2.75, 3.05) is 25.7 Å². The third-order valence-corrected chi connectivity index (χ3v) is 3.14. The Hall–Kier alpha value is -0.950. The molecule has 0 saturated carbocycles. The summed E-state index contributed by atoms with van der Waals surface area (Å²) >= 11 is 1.59. The van der Waals surface area contributed by atoms with Crippen LogP contribution in [-0.4, -0.2) is 59.7 Å². The monoisotopic (exact) mass is 263 g/mol. The van der Waals surface area contributed by atoms with Crippen molar-refractivity contribution in [3.63, 3.8) is 0 Å². The van der Waals surface area contributed by atoms with Crippen molar-refractivity contribution >= 4 is 23.7 Å². The van der Waals surface area contributed by atoms with E-state index < -0.39 is 12.1 Å². The van der Waals surface area contributed by atoms with Gasteiger partial charge in [-0.2, -0.15) is 11.8 Å². The number of primary amides is 1. The standard InChI is InChI=1S/C10H21N3O3S/c1-7(6-14)13(2)9(15)8(4-5-17-3)12-10(11)16/h7-8,14H,4-6H2,1-3H3,(H3,11,12,16). The quantitative estimate of drug-likeness (QED) is 0.583. The summed E-state index contributed by atoms with van der Waals surface area (Å²) in [6.45, 7) is 1.61. The summed E-state index contributed by atoms with van der Waals surface area (Å²) in [6.07, 6.45) is 2.44. The lowest BCUT2D eigenvalue weighted by Gasteiger charge is -2.28. The molecule has 3 amide bonds. The fourth-order valence-electron chi connectivity index (χ4n) is 1.25. The van der Waals surface area contributed by atoms with Gasteiger partial charge in [-0.15, -0.1) is 0 Å². The molecule has 7 heteroatoms. The van der Waals surface area contributed by atoms with Crippen molar-refractivity contribution < 1.29 is 14.7 Å². The van der Waals surface area contributed by atoms with Crippen molar-refractivity contribution in [1.82, 2.24) is 10.2 Å². The lowest BCUT2D eigenvalue weighted by atomic mass is 10.1. The van der Waals surface area contributed by atoms with Crippen LogP contribution < -0.4 is 11.1 Å². The molecule has 0 aromatic carbocycles. The van der Waals surface area contributed by atoms with Crippen LogP contribution in [0.25, 0.3) is 0 Å². The normalized spacial score (nSPS) is 13.9. The van der Waals surface area contributed by atoms with Crippen LogP contribution in [0.15, 0.2) is 0 Å². The minimum atomic E-state index is -0.713.